The van der Waals surface area contributed by atoms with Crippen LogP contribution in [0.5, 0.6) is 11.5 Å². The number of hydrogen-bond acceptors (Lipinski definition) is 4. The molecule has 128 valence electrons. The van der Waals surface area contributed by atoms with Crippen LogP contribution in [-0.4, -0.2) is 37.2 Å². The van der Waals surface area contributed by atoms with Gasteiger partial charge in [0.05, 0.1) is 30.0 Å². The van der Waals surface area contributed by atoms with Gasteiger partial charge in [0, 0.05) is 30.8 Å². The number of benzene rings is 1. The second-order valence-corrected chi connectivity index (χ2v) is 6.75. The molecule has 0 saturated carbocycles. The van der Waals surface area contributed by atoms with Gasteiger partial charge in [-0.3, -0.25) is 9.88 Å². The van der Waals surface area contributed by atoms with Gasteiger partial charge in [-0.25, -0.2) is 0 Å². The summed E-state index contributed by atoms with van der Waals surface area (Å²) in [7, 11) is 3.39. The molecular formula is C18H20Cl2N2O2. The molecular weight excluding hydrogens is 347 g/mol. The Kier molecular flexibility index (Phi) is 5.49. The molecule has 6 heteroatoms. The molecule has 0 spiro atoms. The fourth-order valence-corrected chi connectivity index (χ4v) is 3.60. The van der Waals surface area contributed by atoms with Gasteiger partial charge < -0.3 is 9.47 Å². The van der Waals surface area contributed by atoms with Gasteiger partial charge in [0.15, 0.2) is 0 Å². The summed E-state index contributed by atoms with van der Waals surface area (Å²) >= 11 is 12.2. The van der Waals surface area contributed by atoms with Crippen LogP contribution >= 0.6 is 23.2 Å². The van der Waals surface area contributed by atoms with E-state index in [-0.39, 0.29) is 0 Å². The molecule has 0 N–H and O–H groups in total. The van der Waals surface area contributed by atoms with Gasteiger partial charge in [-0.2, -0.15) is 0 Å². The molecule has 1 saturated heterocycles. The van der Waals surface area contributed by atoms with E-state index in [1.165, 1.54) is 5.56 Å². The Hall–Kier alpha value is -1.49. The van der Waals surface area contributed by atoms with Crippen LogP contribution < -0.4 is 9.47 Å². The predicted molar refractivity (Wildman–Crippen MR) is 96.4 cm³/mol. The first-order valence-electron chi connectivity index (χ1n) is 7.85. The highest BCUT2D eigenvalue weighted by Crippen LogP contribution is 2.36. The molecule has 1 unspecified atom stereocenters. The number of rotatable bonds is 5. The van der Waals surface area contributed by atoms with Crippen molar-refractivity contribution in [2.24, 2.45) is 0 Å². The highest BCUT2D eigenvalue weighted by atomic mass is 35.5. The fourth-order valence-electron chi connectivity index (χ4n) is 3.16. The van der Waals surface area contributed by atoms with Gasteiger partial charge in [-0.1, -0.05) is 23.2 Å². The Labute approximate surface area is 152 Å². The number of nitrogens with zero attached hydrogens (tertiary/aromatic N) is 2. The zero-order valence-corrected chi connectivity index (χ0v) is 15.3. The van der Waals surface area contributed by atoms with Crippen molar-refractivity contribution < 1.29 is 9.47 Å². The Morgan fingerprint density at radius 1 is 1.21 bits per heavy atom. The Morgan fingerprint density at radius 3 is 2.75 bits per heavy atom. The lowest BCUT2D eigenvalue weighted by molar-refractivity contribution is 0.321. The molecule has 1 atom stereocenters. The van der Waals surface area contributed by atoms with Gasteiger partial charge >= 0.3 is 0 Å². The third kappa shape index (κ3) is 3.77. The van der Waals surface area contributed by atoms with E-state index in [2.05, 4.69) is 16.0 Å². The molecule has 2 heterocycles. The topological polar surface area (TPSA) is 34.6 Å². The summed E-state index contributed by atoms with van der Waals surface area (Å²) in [6.07, 6.45) is 2.70. The van der Waals surface area contributed by atoms with Crippen molar-refractivity contribution in [3.63, 3.8) is 0 Å². The number of methoxy groups -OCH3 is 2. The zero-order chi connectivity index (χ0) is 17.1. The molecule has 24 heavy (non-hydrogen) atoms. The quantitative estimate of drug-likeness (QED) is 0.785. The third-order valence-corrected chi connectivity index (χ3v) is 4.94. The number of ether oxygens (including phenoxy) is 2. The van der Waals surface area contributed by atoms with E-state index in [0.29, 0.717) is 16.0 Å². The smallest absolute Gasteiger partial charge is 0.122 e. The van der Waals surface area contributed by atoms with Crippen molar-refractivity contribution in [1.29, 1.82) is 0 Å². The molecule has 1 aliphatic heterocycles. The lowest BCUT2D eigenvalue weighted by Gasteiger charge is -2.18. The minimum Gasteiger partial charge on any atom is -0.497 e. The second-order valence-electron chi connectivity index (χ2n) is 5.91. The number of likely N-dealkylation sites (tertiary alicyclic amines) is 1. The lowest BCUT2D eigenvalue weighted by Crippen LogP contribution is -2.20. The van der Waals surface area contributed by atoms with Gasteiger partial charge in [0.25, 0.3) is 0 Å². The van der Waals surface area contributed by atoms with Gasteiger partial charge in [-0.05, 0) is 37.2 Å². The Morgan fingerprint density at radius 2 is 2.04 bits per heavy atom. The van der Waals surface area contributed by atoms with E-state index in [9.17, 15) is 0 Å². The molecule has 0 amide bonds. The van der Waals surface area contributed by atoms with Crippen LogP contribution in [0.3, 0.4) is 0 Å². The summed E-state index contributed by atoms with van der Waals surface area (Å²) in [6, 6.07) is 7.70. The molecule has 3 rings (SSSR count). The highest BCUT2D eigenvalue weighted by molar-refractivity contribution is 6.34. The fraction of sp³-hybridized carbons (Fsp3) is 0.389. The first kappa shape index (κ1) is 17.3. The summed E-state index contributed by atoms with van der Waals surface area (Å²) in [5.74, 6) is 2.16. The molecule has 1 aliphatic rings. The minimum atomic E-state index is 0.404. The van der Waals surface area contributed by atoms with E-state index in [1.54, 1.807) is 26.5 Å². The first-order chi connectivity index (χ1) is 11.6. The lowest BCUT2D eigenvalue weighted by atomic mass is 9.97. The predicted octanol–water partition coefficient (Wildman–Crippen LogP) is 4.40. The van der Waals surface area contributed by atoms with Crippen LogP contribution in [-0.2, 0) is 6.54 Å². The molecule has 1 fully saturated rings. The minimum absolute atomic E-state index is 0.404. The van der Waals surface area contributed by atoms with Gasteiger partial charge in [0.1, 0.15) is 11.5 Å². The van der Waals surface area contributed by atoms with E-state index < -0.39 is 0 Å². The number of halogens is 2. The summed E-state index contributed by atoms with van der Waals surface area (Å²) in [5.41, 5.74) is 2.05. The summed E-state index contributed by atoms with van der Waals surface area (Å²) in [5, 5.41) is 1.18. The van der Waals surface area contributed by atoms with Gasteiger partial charge in [-0.15, -0.1) is 0 Å². The maximum Gasteiger partial charge on any atom is 0.122 e. The van der Waals surface area contributed by atoms with E-state index in [4.69, 9.17) is 32.7 Å². The zero-order valence-electron chi connectivity index (χ0n) is 13.8. The summed E-state index contributed by atoms with van der Waals surface area (Å²) in [6.45, 7) is 2.65. The van der Waals surface area contributed by atoms with Crippen LogP contribution in [0, 0.1) is 0 Å². The normalized spacial score (nSPS) is 17.9. The molecule has 0 aliphatic carbocycles. The second kappa shape index (κ2) is 7.60. The third-order valence-electron chi connectivity index (χ3n) is 4.41. The molecule has 0 bridgehead atoms. The van der Waals surface area contributed by atoms with Crippen LogP contribution in [0.1, 0.15) is 23.6 Å². The standard InChI is InChI=1S/C18H20Cl2N2O2/c1-23-14-3-4-18(24-2)15(8-14)12-5-6-22(10-12)11-17-16(20)7-13(19)9-21-17/h3-4,7-9,12H,5-6,10-11H2,1-2H3. The highest BCUT2D eigenvalue weighted by Gasteiger charge is 2.27. The van der Waals surface area contributed by atoms with Crippen molar-refractivity contribution >= 4 is 23.2 Å². The SMILES string of the molecule is COc1ccc(OC)c(C2CCN(Cc3ncc(Cl)cc3Cl)C2)c1. The summed E-state index contributed by atoms with van der Waals surface area (Å²) < 4.78 is 10.9. The van der Waals surface area contributed by atoms with Crippen LogP contribution in [0.2, 0.25) is 10.0 Å². The van der Waals surface area contributed by atoms with Crippen molar-refractivity contribution in [3.05, 3.63) is 51.8 Å². The van der Waals surface area contributed by atoms with Crippen molar-refractivity contribution in [1.82, 2.24) is 9.88 Å². The van der Waals surface area contributed by atoms with Crippen LogP contribution in [0.25, 0.3) is 0 Å². The first-order valence-corrected chi connectivity index (χ1v) is 8.60. The van der Waals surface area contributed by atoms with Crippen LogP contribution in [0.4, 0.5) is 0 Å². The summed E-state index contributed by atoms with van der Waals surface area (Å²) in [4.78, 5) is 6.70. The maximum absolute atomic E-state index is 6.24. The Bertz CT molecular complexity index is 724. The maximum atomic E-state index is 6.24. The van der Waals surface area contributed by atoms with Crippen molar-refractivity contribution in [3.8, 4) is 11.5 Å². The largest absolute Gasteiger partial charge is 0.497 e. The van der Waals surface area contributed by atoms with Crippen molar-refractivity contribution in [2.75, 3.05) is 27.3 Å². The molecule has 0 radical (unpaired) electrons. The van der Waals surface area contributed by atoms with E-state index >= 15 is 0 Å². The average Bonchev–Trinajstić information content (AvgIpc) is 3.05. The molecule has 4 nitrogen and oxygen atoms in total. The van der Waals surface area contributed by atoms with Crippen LogP contribution in [0.15, 0.2) is 30.5 Å². The van der Waals surface area contributed by atoms with Crippen molar-refractivity contribution in [2.45, 2.75) is 18.9 Å². The van der Waals surface area contributed by atoms with E-state index in [1.807, 2.05) is 12.1 Å². The monoisotopic (exact) mass is 366 g/mol. The molecule has 2 aromatic rings. The number of pyridine rings is 1. The molecule has 1 aromatic heterocycles. The Balaban J connectivity index is 1.73. The number of aromatic nitrogens is 1. The van der Waals surface area contributed by atoms with E-state index in [0.717, 1.165) is 43.2 Å². The number of hydrogen-bond donors (Lipinski definition) is 0. The van der Waals surface area contributed by atoms with Gasteiger partial charge in [0.2, 0.25) is 0 Å². The average molecular weight is 367 g/mol. The molecule has 1 aromatic carbocycles.